The van der Waals surface area contributed by atoms with E-state index in [0.717, 1.165) is 59.9 Å². The number of benzene rings is 1. The predicted molar refractivity (Wildman–Crippen MR) is 133 cm³/mol. The molecule has 0 saturated heterocycles. The summed E-state index contributed by atoms with van der Waals surface area (Å²) in [7, 11) is 0. The summed E-state index contributed by atoms with van der Waals surface area (Å²) in [4.78, 5) is 31.3. The number of carbonyl (C=O) groups is 1. The average molecular weight is 505 g/mol. The van der Waals surface area contributed by atoms with Crippen molar-refractivity contribution in [2.75, 3.05) is 13.4 Å². The number of carbonyl (C=O) groups excluding carboxylic acids is 1. The van der Waals surface area contributed by atoms with Crippen molar-refractivity contribution < 1.29 is 29.2 Å². The lowest BCUT2D eigenvalue weighted by Gasteiger charge is -2.31. The van der Waals surface area contributed by atoms with E-state index in [0.29, 0.717) is 34.8 Å². The molecular formula is C28H28N2O7. The van der Waals surface area contributed by atoms with Crippen molar-refractivity contribution in [1.82, 2.24) is 9.55 Å². The molecule has 0 saturated carbocycles. The number of aryl methyl sites for hydroxylation is 1. The highest BCUT2D eigenvalue weighted by Crippen LogP contribution is 2.51. The number of aliphatic hydroxyl groups excluding tert-OH is 1. The van der Waals surface area contributed by atoms with E-state index in [-0.39, 0.29) is 37.9 Å². The second kappa shape index (κ2) is 8.03. The summed E-state index contributed by atoms with van der Waals surface area (Å²) in [5.74, 6) is 1.00. The molecule has 1 aromatic carbocycles. The molecule has 0 amide bonds. The van der Waals surface area contributed by atoms with E-state index in [2.05, 4.69) is 0 Å². The summed E-state index contributed by atoms with van der Waals surface area (Å²) in [6.07, 6.45) is 4.47. The van der Waals surface area contributed by atoms with E-state index < -0.39 is 11.6 Å². The number of esters is 1. The average Bonchev–Trinajstić information content (AvgIpc) is 3.52. The molecule has 2 atom stereocenters. The lowest BCUT2D eigenvalue weighted by molar-refractivity contribution is -0.172. The Balaban J connectivity index is 1.49. The molecule has 37 heavy (non-hydrogen) atoms. The fraction of sp³-hybridized carbons (Fsp3) is 0.464. The molecule has 0 bridgehead atoms. The molecule has 5 heterocycles. The first-order valence-corrected chi connectivity index (χ1v) is 13.0. The number of hydrogen-bond donors (Lipinski definition) is 2. The molecule has 1 aliphatic carbocycles. The highest BCUT2D eigenvalue weighted by atomic mass is 16.7. The fourth-order valence-electron chi connectivity index (χ4n) is 6.68. The van der Waals surface area contributed by atoms with Gasteiger partial charge in [0.15, 0.2) is 17.1 Å². The first kappa shape index (κ1) is 22.7. The van der Waals surface area contributed by atoms with Crippen molar-refractivity contribution in [1.29, 1.82) is 0 Å². The largest absolute Gasteiger partial charge is 0.458 e. The maximum atomic E-state index is 13.7. The van der Waals surface area contributed by atoms with Gasteiger partial charge in [0.2, 0.25) is 6.79 Å². The second-order valence-electron chi connectivity index (χ2n) is 10.4. The summed E-state index contributed by atoms with van der Waals surface area (Å²) in [5, 5.41) is 21.6. The molecule has 9 nitrogen and oxygen atoms in total. The van der Waals surface area contributed by atoms with Crippen LogP contribution in [0.5, 0.6) is 11.5 Å². The Kier molecular flexibility index (Phi) is 4.94. The monoisotopic (exact) mass is 504 g/mol. The zero-order chi connectivity index (χ0) is 25.5. The minimum absolute atomic E-state index is 0.102. The SMILES string of the molecule is CC[C@@]1(O)C(=O)OCc2c1cc1n(c2=O)Cc2c-1nc1cc3c(c4c1c2C(CCCCO)CC4)OCO3. The maximum absolute atomic E-state index is 13.7. The van der Waals surface area contributed by atoms with Gasteiger partial charge in [-0.1, -0.05) is 13.3 Å². The van der Waals surface area contributed by atoms with Gasteiger partial charge in [-0.25, -0.2) is 9.78 Å². The van der Waals surface area contributed by atoms with Gasteiger partial charge in [-0.2, -0.15) is 0 Å². The molecule has 2 N–H and O–H groups in total. The Labute approximate surface area is 212 Å². The van der Waals surface area contributed by atoms with Gasteiger partial charge in [0, 0.05) is 34.7 Å². The van der Waals surface area contributed by atoms with Crippen LogP contribution in [-0.2, 0) is 34.7 Å². The fourth-order valence-corrected chi connectivity index (χ4v) is 6.68. The van der Waals surface area contributed by atoms with Crippen LogP contribution in [0.4, 0.5) is 0 Å². The van der Waals surface area contributed by atoms with Gasteiger partial charge in [0.25, 0.3) is 5.56 Å². The molecular weight excluding hydrogens is 476 g/mol. The van der Waals surface area contributed by atoms with Gasteiger partial charge in [-0.05, 0) is 49.7 Å². The van der Waals surface area contributed by atoms with Gasteiger partial charge >= 0.3 is 5.97 Å². The van der Waals surface area contributed by atoms with Gasteiger partial charge in [-0.15, -0.1) is 0 Å². The van der Waals surface area contributed by atoms with Crippen LogP contribution >= 0.6 is 0 Å². The maximum Gasteiger partial charge on any atom is 0.343 e. The van der Waals surface area contributed by atoms with Crippen LogP contribution < -0.4 is 15.0 Å². The van der Waals surface area contributed by atoms with Crippen LogP contribution in [0.3, 0.4) is 0 Å². The van der Waals surface area contributed by atoms with Crippen LogP contribution in [0.15, 0.2) is 16.9 Å². The first-order chi connectivity index (χ1) is 18.0. The van der Waals surface area contributed by atoms with Crippen molar-refractivity contribution >= 4 is 16.9 Å². The molecule has 9 heteroatoms. The van der Waals surface area contributed by atoms with Crippen molar-refractivity contribution in [3.63, 3.8) is 0 Å². The molecule has 0 spiro atoms. The molecule has 0 fully saturated rings. The van der Waals surface area contributed by atoms with Crippen LogP contribution in [0, 0.1) is 0 Å². The van der Waals surface area contributed by atoms with Gasteiger partial charge < -0.3 is 29.0 Å². The summed E-state index contributed by atoms with van der Waals surface area (Å²) >= 11 is 0. The van der Waals surface area contributed by atoms with E-state index in [4.69, 9.17) is 19.2 Å². The summed E-state index contributed by atoms with van der Waals surface area (Å²) in [5.41, 5.74) is 3.93. The lowest BCUT2D eigenvalue weighted by atomic mass is 9.77. The molecule has 4 aliphatic rings. The van der Waals surface area contributed by atoms with Gasteiger partial charge in [-0.3, -0.25) is 4.79 Å². The van der Waals surface area contributed by atoms with Crippen LogP contribution in [0.2, 0.25) is 0 Å². The third-order valence-corrected chi connectivity index (χ3v) is 8.57. The molecule has 2 aromatic heterocycles. The number of nitrogens with zero attached hydrogens (tertiary/aromatic N) is 2. The Morgan fingerprint density at radius 2 is 2.00 bits per heavy atom. The van der Waals surface area contributed by atoms with Crippen LogP contribution in [0.25, 0.3) is 22.3 Å². The molecule has 0 radical (unpaired) electrons. The van der Waals surface area contributed by atoms with E-state index in [1.54, 1.807) is 17.6 Å². The molecule has 192 valence electrons. The van der Waals surface area contributed by atoms with E-state index >= 15 is 0 Å². The Morgan fingerprint density at radius 1 is 1.14 bits per heavy atom. The van der Waals surface area contributed by atoms with Crippen molar-refractivity contribution in [2.24, 2.45) is 0 Å². The quantitative estimate of drug-likeness (QED) is 0.314. The number of ether oxygens (including phenoxy) is 3. The number of aliphatic hydroxyl groups is 2. The van der Waals surface area contributed by atoms with Crippen molar-refractivity contribution in [3.05, 3.63) is 50.3 Å². The normalized spacial score (nSPS) is 22.6. The highest BCUT2D eigenvalue weighted by molar-refractivity contribution is 5.95. The summed E-state index contributed by atoms with van der Waals surface area (Å²) < 4.78 is 18.5. The number of cyclic esters (lactones) is 1. The Hall–Kier alpha value is -3.43. The zero-order valence-electron chi connectivity index (χ0n) is 20.6. The van der Waals surface area contributed by atoms with E-state index in [9.17, 15) is 19.8 Å². The Morgan fingerprint density at radius 3 is 2.81 bits per heavy atom. The molecule has 3 aliphatic heterocycles. The second-order valence-corrected chi connectivity index (χ2v) is 10.4. The lowest BCUT2D eigenvalue weighted by Crippen LogP contribution is -2.44. The summed E-state index contributed by atoms with van der Waals surface area (Å²) in [6.45, 7) is 2.27. The standard InChI is InChI=1S/C28H28N2O7/c1-2-28(34)18-9-20-24-16(11-30(20)26(32)17(18)12-35-27(28)33)22-14(5-3-4-8-31)6-7-15-23(22)19(29-24)10-21-25(15)37-13-36-21/h9-10,14,31,34H,2-8,11-13H2,1H3/t14?,28-/m0/s1. The highest BCUT2D eigenvalue weighted by Gasteiger charge is 2.46. The number of rotatable bonds is 5. The number of aromatic nitrogens is 2. The third-order valence-electron chi connectivity index (χ3n) is 8.57. The van der Waals surface area contributed by atoms with E-state index in [1.165, 1.54) is 5.56 Å². The van der Waals surface area contributed by atoms with Crippen LogP contribution in [-0.4, -0.2) is 39.1 Å². The molecule has 3 aromatic rings. The summed E-state index contributed by atoms with van der Waals surface area (Å²) in [6, 6.07) is 3.68. The van der Waals surface area contributed by atoms with Gasteiger partial charge in [0.05, 0.1) is 29.0 Å². The van der Waals surface area contributed by atoms with E-state index in [1.807, 2.05) is 6.07 Å². The Bertz CT molecular complexity index is 1560. The number of unbranched alkanes of at least 4 members (excludes halogenated alkanes) is 1. The molecule has 7 rings (SSSR count). The first-order valence-electron chi connectivity index (χ1n) is 13.0. The molecule has 1 unspecified atom stereocenters. The predicted octanol–water partition coefficient (Wildman–Crippen LogP) is 3.00. The number of pyridine rings is 2. The topological polar surface area (TPSA) is 120 Å². The minimum Gasteiger partial charge on any atom is -0.458 e. The number of hydrogen-bond acceptors (Lipinski definition) is 8. The van der Waals surface area contributed by atoms with Gasteiger partial charge in [0.1, 0.15) is 6.61 Å². The van der Waals surface area contributed by atoms with Crippen molar-refractivity contribution in [3.8, 4) is 22.9 Å². The van der Waals surface area contributed by atoms with Crippen molar-refractivity contribution in [2.45, 2.75) is 70.1 Å². The zero-order valence-corrected chi connectivity index (χ0v) is 20.6. The third kappa shape index (κ3) is 3.01. The minimum atomic E-state index is -1.86. The number of fused-ring (bicyclic) bond motifs is 7. The van der Waals surface area contributed by atoms with Crippen LogP contribution in [0.1, 0.15) is 72.8 Å². The smallest absolute Gasteiger partial charge is 0.343 e.